The van der Waals surface area contributed by atoms with Crippen LogP contribution in [0.1, 0.15) is 26.3 Å². The van der Waals surface area contributed by atoms with Crippen LogP contribution in [-0.4, -0.2) is 19.2 Å². The first-order valence-corrected chi connectivity index (χ1v) is 9.29. The van der Waals surface area contributed by atoms with Gasteiger partial charge in [0.1, 0.15) is 12.0 Å². The van der Waals surface area contributed by atoms with Crippen molar-refractivity contribution in [3.8, 4) is 16.2 Å². The first kappa shape index (κ1) is 17.2. The number of ether oxygens (including phenoxy) is 1. The van der Waals surface area contributed by atoms with Gasteiger partial charge in [0.2, 0.25) is 0 Å². The molecule has 132 valence electrons. The van der Waals surface area contributed by atoms with E-state index in [-0.39, 0.29) is 5.78 Å². The number of fused-ring (bicyclic) bond motifs is 1. The average molecular weight is 372 g/mol. The molecule has 3 aromatic carbocycles. The minimum atomic E-state index is -0.0456. The van der Waals surface area contributed by atoms with Crippen molar-refractivity contribution < 1.29 is 14.3 Å². The monoisotopic (exact) mass is 372 g/mol. The second-order valence-electron chi connectivity index (χ2n) is 6.10. The van der Waals surface area contributed by atoms with Crippen molar-refractivity contribution in [3.63, 3.8) is 0 Å². The summed E-state index contributed by atoms with van der Waals surface area (Å²) in [5.74, 6) is 0.730. The molecule has 0 spiro atoms. The van der Waals surface area contributed by atoms with Gasteiger partial charge >= 0.3 is 0 Å². The van der Waals surface area contributed by atoms with E-state index in [1.54, 1.807) is 42.7 Å². The number of aldehydes is 1. The molecule has 0 saturated carbocycles. The van der Waals surface area contributed by atoms with E-state index in [2.05, 4.69) is 0 Å². The molecule has 0 aliphatic rings. The van der Waals surface area contributed by atoms with Gasteiger partial charge in [0.05, 0.1) is 7.11 Å². The first-order chi connectivity index (χ1) is 13.2. The summed E-state index contributed by atoms with van der Waals surface area (Å²) in [5, 5.41) is 0.942. The van der Waals surface area contributed by atoms with Crippen LogP contribution in [0, 0.1) is 0 Å². The lowest BCUT2D eigenvalue weighted by molar-refractivity contribution is 0.103. The Morgan fingerprint density at radius 3 is 2.30 bits per heavy atom. The molecule has 27 heavy (non-hydrogen) atoms. The Bertz CT molecular complexity index is 1120. The topological polar surface area (TPSA) is 43.4 Å². The highest BCUT2D eigenvalue weighted by atomic mass is 32.1. The van der Waals surface area contributed by atoms with Crippen molar-refractivity contribution in [2.24, 2.45) is 0 Å². The van der Waals surface area contributed by atoms with E-state index >= 15 is 0 Å². The Morgan fingerprint density at radius 2 is 1.63 bits per heavy atom. The number of hydrogen-bond acceptors (Lipinski definition) is 4. The molecule has 0 aliphatic carbocycles. The maximum Gasteiger partial charge on any atom is 0.195 e. The van der Waals surface area contributed by atoms with Crippen LogP contribution >= 0.6 is 11.3 Å². The van der Waals surface area contributed by atoms with E-state index in [0.29, 0.717) is 16.7 Å². The van der Waals surface area contributed by atoms with Gasteiger partial charge in [0.25, 0.3) is 0 Å². The number of methoxy groups -OCH3 is 1. The zero-order chi connectivity index (χ0) is 18.8. The lowest BCUT2D eigenvalue weighted by Crippen LogP contribution is -2.02. The van der Waals surface area contributed by atoms with Crippen LogP contribution in [0.2, 0.25) is 0 Å². The molecule has 4 aromatic rings. The fourth-order valence-corrected chi connectivity index (χ4v) is 4.28. The Morgan fingerprint density at radius 1 is 0.926 bits per heavy atom. The Labute approximate surface area is 160 Å². The van der Waals surface area contributed by atoms with Crippen LogP contribution in [0.5, 0.6) is 5.75 Å². The summed E-state index contributed by atoms with van der Waals surface area (Å²) in [6.07, 6.45) is 0.775. The van der Waals surface area contributed by atoms with Crippen LogP contribution < -0.4 is 4.74 Å². The summed E-state index contributed by atoms with van der Waals surface area (Å²) in [5.41, 5.74) is 2.79. The fourth-order valence-electron chi connectivity index (χ4n) is 3.07. The molecule has 0 saturated heterocycles. The molecule has 0 bridgehead atoms. The summed E-state index contributed by atoms with van der Waals surface area (Å²) in [6.45, 7) is 0. The number of ketones is 1. The first-order valence-electron chi connectivity index (χ1n) is 8.47. The molecular weight excluding hydrogens is 356 g/mol. The third-order valence-electron chi connectivity index (χ3n) is 4.48. The van der Waals surface area contributed by atoms with Crippen molar-refractivity contribution in [2.75, 3.05) is 7.11 Å². The zero-order valence-corrected chi connectivity index (χ0v) is 15.5. The van der Waals surface area contributed by atoms with Crippen LogP contribution in [0.3, 0.4) is 0 Å². The van der Waals surface area contributed by atoms with Gasteiger partial charge in [-0.05, 0) is 35.9 Å². The van der Waals surface area contributed by atoms with E-state index in [4.69, 9.17) is 4.74 Å². The maximum atomic E-state index is 13.3. The number of benzene rings is 3. The van der Waals surface area contributed by atoms with Crippen LogP contribution in [0.15, 0.2) is 72.8 Å². The van der Waals surface area contributed by atoms with Gasteiger partial charge in [0.15, 0.2) is 5.78 Å². The Kier molecular flexibility index (Phi) is 4.57. The molecule has 0 aliphatic heterocycles. The zero-order valence-electron chi connectivity index (χ0n) is 14.6. The Balaban J connectivity index is 1.89. The Hall–Kier alpha value is -3.24. The third-order valence-corrected chi connectivity index (χ3v) is 5.70. The minimum Gasteiger partial charge on any atom is -0.497 e. The SMILES string of the molecule is COc1ccc(-c2sc3ccccc3c2C(=O)c2ccc(C=O)cc2)cc1. The average Bonchev–Trinajstić information content (AvgIpc) is 3.13. The lowest BCUT2D eigenvalue weighted by Gasteiger charge is -2.06. The molecule has 0 atom stereocenters. The van der Waals surface area contributed by atoms with E-state index in [0.717, 1.165) is 32.6 Å². The van der Waals surface area contributed by atoms with Crippen molar-refractivity contribution in [2.45, 2.75) is 0 Å². The van der Waals surface area contributed by atoms with E-state index in [1.165, 1.54) is 0 Å². The highest BCUT2D eigenvalue weighted by Gasteiger charge is 2.21. The number of carbonyl (C=O) groups excluding carboxylic acids is 2. The van der Waals surface area contributed by atoms with E-state index in [1.807, 2.05) is 48.5 Å². The molecule has 0 unspecified atom stereocenters. The summed E-state index contributed by atoms with van der Waals surface area (Å²) >= 11 is 1.60. The predicted octanol–water partition coefficient (Wildman–Crippen LogP) is 5.62. The van der Waals surface area contributed by atoms with Gasteiger partial charge in [-0.15, -0.1) is 11.3 Å². The highest BCUT2D eigenvalue weighted by Crippen LogP contribution is 2.40. The number of thiophene rings is 1. The molecule has 0 radical (unpaired) electrons. The summed E-state index contributed by atoms with van der Waals surface area (Å²) in [6, 6.07) is 22.4. The molecule has 0 amide bonds. The van der Waals surface area contributed by atoms with Crippen LogP contribution in [0.4, 0.5) is 0 Å². The van der Waals surface area contributed by atoms with Crippen molar-refractivity contribution >= 4 is 33.5 Å². The molecule has 4 rings (SSSR count). The summed E-state index contributed by atoms with van der Waals surface area (Å²) in [4.78, 5) is 25.2. The van der Waals surface area contributed by atoms with E-state index < -0.39 is 0 Å². The molecule has 4 heteroatoms. The quantitative estimate of drug-likeness (QED) is 0.337. The molecular formula is C23H16O3S. The predicted molar refractivity (Wildman–Crippen MR) is 109 cm³/mol. The number of rotatable bonds is 5. The highest BCUT2D eigenvalue weighted by molar-refractivity contribution is 7.22. The summed E-state index contributed by atoms with van der Waals surface area (Å²) in [7, 11) is 1.63. The molecule has 3 nitrogen and oxygen atoms in total. The van der Waals surface area contributed by atoms with Crippen molar-refractivity contribution in [1.29, 1.82) is 0 Å². The van der Waals surface area contributed by atoms with E-state index in [9.17, 15) is 9.59 Å². The van der Waals surface area contributed by atoms with Crippen LogP contribution in [-0.2, 0) is 0 Å². The molecule has 1 aromatic heterocycles. The minimum absolute atomic E-state index is 0.0456. The fraction of sp³-hybridized carbons (Fsp3) is 0.0435. The van der Waals surface area contributed by atoms with Gasteiger partial charge in [0, 0.05) is 31.7 Å². The number of hydrogen-bond donors (Lipinski definition) is 0. The molecule has 0 N–H and O–H groups in total. The third kappa shape index (κ3) is 3.15. The standard InChI is InChI=1S/C23H16O3S/c1-26-18-12-10-17(11-13-18)23-21(19-4-2-3-5-20(19)27-23)22(25)16-8-6-15(14-24)7-9-16/h2-14H,1H3. The van der Waals surface area contributed by atoms with Gasteiger partial charge in [-0.25, -0.2) is 0 Å². The molecule has 1 heterocycles. The van der Waals surface area contributed by atoms with Gasteiger partial charge in [-0.1, -0.05) is 42.5 Å². The largest absolute Gasteiger partial charge is 0.497 e. The second kappa shape index (κ2) is 7.17. The summed E-state index contributed by atoms with van der Waals surface area (Å²) < 4.78 is 6.31. The second-order valence-corrected chi connectivity index (χ2v) is 7.15. The lowest BCUT2D eigenvalue weighted by atomic mass is 9.97. The van der Waals surface area contributed by atoms with Gasteiger partial charge in [-0.2, -0.15) is 0 Å². The normalized spacial score (nSPS) is 10.7. The van der Waals surface area contributed by atoms with Crippen molar-refractivity contribution in [1.82, 2.24) is 0 Å². The van der Waals surface area contributed by atoms with Gasteiger partial charge < -0.3 is 4.74 Å². The van der Waals surface area contributed by atoms with Crippen LogP contribution in [0.25, 0.3) is 20.5 Å². The van der Waals surface area contributed by atoms with Gasteiger partial charge in [-0.3, -0.25) is 9.59 Å². The van der Waals surface area contributed by atoms with Crippen molar-refractivity contribution in [3.05, 3.63) is 89.5 Å². The molecule has 0 fully saturated rings. The number of carbonyl (C=O) groups is 2. The smallest absolute Gasteiger partial charge is 0.195 e. The maximum absolute atomic E-state index is 13.3.